The molecular weight excluding hydrogens is 400 g/mol. The largest absolute Gasteiger partial charge is 0.492 e. The van der Waals surface area contributed by atoms with Crippen LogP contribution in [0.3, 0.4) is 0 Å². The van der Waals surface area contributed by atoms with Crippen LogP contribution in [0.15, 0.2) is 30.3 Å². The summed E-state index contributed by atoms with van der Waals surface area (Å²) in [6.45, 7) is 6.99. The smallest absolute Gasteiger partial charge is 0.214 e. The normalized spacial score (nSPS) is 17.9. The van der Waals surface area contributed by atoms with Gasteiger partial charge in [-0.1, -0.05) is 18.2 Å². The summed E-state index contributed by atoms with van der Waals surface area (Å²) >= 11 is 0. The van der Waals surface area contributed by atoms with Crippen LogP contribution in [-0.4, -0.2) is 46.5 Å². The van der Waals surface area contributed by atoms with Gasteiger partial charge in [0.15, 0.2) is 0 Å². The predicted molar refractivity (Wildman–Crippen MR) is 112 cm³/mol. The standard InChI is InChI=1S/C19H30N2O5S2/c1-14(2)27(22,23)20-12-13-26-17-10-8-16(9-11-17)18-6-5-7-19(18)21-28(24,25)15(3)4/h6,8-11,14-15,19-21H,5,7,12-13H2,1-4H3. The number of benzene rings is 1. The highest BCUT2D eigenvalue weighted by atomic mass is 32.2. The summed E-state index contributed by atoms with van der Waals surface area (Å²) in [5.74, 6) is 0.630. The van der Waals surface area contributed by atoms with E-state index in [9.17, 15) is 16.8 Å². The second-order valence-electron chi connectivity index (χ2n) is 7.36. The molecule has 7 nitrogen and oxygen atoms in total. The first-order chi connectivity index (χ1) is 13.0. The quantitative estimate of drug-likeness (QED) is 0.555. The molecule has 1 unspecified atom stereocenters. The fraction of sp³-hybridized carbons (Fsp3) is 0.579. The summed E-state index contributed by atoms with van der Waals surface area (Å²) in [7, 11) is -6.63. The lowest BCUT2D eigenvalue weighted by Gasteiger charge is -2.19. The van der Waals surface area contributed by atoms with E-state index in [-0.39, 0.29) is 19.2 Å². The van der Waals surface area contributed by atoms with Crippen LogP contribution in [0.4, 0.5) is 0 Å². The number of nitrogens with one attached hydrogen (secondary N) is 2. The van der Waals surface area contributed by atoms with E-state index in [1.807, 2.05) is 12.1 Å². The maximum atomic E-state index is 12.2. The van der Waals surface area contributed by atoms with Crippen LogP contribution in [0.25, 0.3) is 5.57 Å². The minimum Gasteiger partial charge on any atom is -0.492 e. The van der Waals surface area contributed by atoms with Crippen molar-refractivity contribution >= 4 is 25.6 Å². The molecule has 0 radical (unpaired) electrons. The van der Waals surface area contributed by atoms with Crippen molar-refractivity contribution in [2.24, 2.45) is 0 Å². The van der Waals surface area contributed by atoms with Gasteiger partial charge in [-0.2, -0.15) is 0 Å². The Hall–Kier alpha value is -1.42. The van der Waals surface area contributed by atoms with Gasteiger partial charge in [-0.15, -0.1) is 0 Å². The van der Waals surface area contributed by atoms with Crippen LogP contribution >= 0.6 is 0 Å². The summed E-state index contributed by atoms with van der Waals surface area (Å²) in [6, 6.07) is 7.17. The summed E-state index contributed by atoms with van der Waals surface area (Å²) in [5.41, 5.74) is 1.92. The molecule has 1 aromatic rings. The average molecular weight is 431 g/mol. The summed E-state index contributed by atoms with van der Waals surface area (Å²) in [4.78, 5) is 0. The molecule has 0 heterocycles. The van der Waals surface area contributed by atoms with Crippen LogP contribution in [0.1, 0.15) is 46.1 Å². The fourth-order valence-electron chi connectivity index (χ4n) is 2.74. The van der Waals surface area contributed by atoms with Crippen molar-refractivity contribution in [1.29, 1.82) is 0 Å². The molecular formula is C19H30N2O5S2. The highest BCUT2D eigenvalue weighted by Gasteiger charge is 2.27. The minimum atomic E-state index is -3.34. The van der Waals surface area contributed by atoms with E-state index < -0.39 is 30.5 Å². The Bertz CT molecular complexity index is 889. The SMILES string of the molecule is CC(C)S(=O)(=O)NCCOc1ccc(C2=CCCC2NS(=O)(=O)C(C)C)cc1. The zero-order valence-electron chi connectivity index (χ0n) is 16.8. The summed E-state index contributed by atoms with van der Waals surface area (Å²) in [5, 5.41) is -0.953. The van der Waals surface area contributed by atoms with E-state index >= 15 is 0 Å². The van der Waals surface area contributed by atoms with Gasteiger partial charge in [0.2, 0.25) is 20.0 Å². The number of rotatable bonds is 10. The first-order valence-electron chi connectivity index (χ1n) is 9.46. The third kappa shape index (κ3) is 6.04. The molecule has 2 rings (SSSR count). The molecule has 0 saturated heterocycles. The molecule has 0 aromatic heterocycles. The number of allylic oxidation sites excluding steroid dienone is 1. The molecule has 0 saturated carbocycles. The molecule has 9 heteroatoms. The molecule has 0 spiro atoms. The first kappa shape index (κ1) is 22.9. The Balaban J connectivity index is 1.93. The summed E-state index contributed by atoms with van der Waals surface area (Å²) in [6.07, 6.45) is 3.63. The number of hydrogen-bond donors (Lipinski definition) is 2. The molecule has 158 valence electrons. The predicted octanol–water partition coefficient (Wildman–Crippen LogP) is 2.27. The van der Waals surface area contributed by atoms with E-state index in [4.69, 9.17) is 4.74 Å². The van der Waals surface area contributed by atoms with E-state index in [2.05, 4.69) is 15.5 Å². The number of sulfonamides is 2. The lowest BCUT2D eigenvalue weighted by atomic mass is 10.0. The van der Waals surface area contributed by atoms with E-state index in [1.165, 1.54) is 0 Å². The van der Waals surface area contributed by atoms with Crippen molar-refractivity contribution in [2.45, 2.75) is 57.1 Å². The van der Waals surface area contributed by atoms with Crippen LogP contribution in [0.2, 0.25) is 0 Å². The Morgan fingerprint density at radius 2 is 1.61 bits per heavy atom. The second-order valence-corrected chi connectivity index (χ2v) is 12.0. The van der Waals surface area contributed by atoms with Crippen molar-refractivity contribution in [3.8, 4) is 5.75 Å². The number of ether oxygens (including phenoxy) is 1. The van der Waals surface area contributed by atoms with Crippen molar-refractivity contribution in [3.05, 3.63) is 35.9 Å². The van der Waals surface area contributed by atoms with Gasteiger partial charge in [-0.05, 0) is 63.8 Å². The van der Waals surface area contributed by atoms with E-state index in [0.717, 1.165) is 24.0 Å². The van der Waals surface area contributed by atoms with Gasteiger partial charge in [-0.3, -0.25) is 0 Å². The third-order valence-corrected chi connectivity index (χ3v) is 8.31. The molecule has 0 amide bonds. The molecule has 1 aliphatic rings. The van der Waals surface area contributed by atoms with Crippen molar-refractivity contribution in [1.82, 2.24) is 9.44 Å². The van der Waals surface area contributed by atoms with Gasteiger partial charge in [0.1, 0.15) is 12.4 Å². The topological polar surface area (TPSA) is 102 Å². The molecule has 1 atom stereocenters. The number of hydrogen-bond acceptors (Lipinski definition) is 5. The van der Waals surface area contributed by atoms with Crippen molar-refractivity contribution in [3.63, 3.8) is 0 Å². The molecule has 0 fully saturated rings. The fourth-order valence-corrected chi connectivity index (χ4v) is 4.36. The van der Waals surface area contributed by atoms with Crippen LogP contribution < -0.4 is 14.2 Å². The lowest BCUT2D eigenvalue weighted by molar-refractivity contribution is 0.322. The Kier molecular flexibility index (Phi) is 7.66. The van der Waals surface area contributed by atoms with Gasteiger partial charge in [0, 0.05) is 12.6 Å². The van der Waals surface area contributed by atoms with Gasteiger partial charge in [0.05, 0.1) is 10.5 Å². The van der Waals surface area contributed by atoms with E-state index in [0.29, 0.717) is 5.75 Å². The first-order valence-corrected chi connectivity index (χ1v) is 12.5. The van der Waals surface area contributed by atoms with Gasteiger partial charge < -0.3 is 4.74 Å². The summed E-state index contributed by atoms with van der Waals surface area (Å²) < 4.78 is 58.6. The molecule has 28 heavy (non-hydrogen) atoms. The van der Waals surface area contributed by atoms with Crippen molar-refractivity contribution in [2.75, 3.05) is 13.2 Å². The molecule has 0 aliphatic heterocycles. The van der Waals surface area contributed by atoms with Gasteiger partial charge in [0.25, 0.3) is 0 Å². The lowest BCUT2D eigenvalue weighted by Crippen LogP contribution is -2.38. The van der Waals surface area contributed by atoms with Gasteiger partial charge in [-0.25, -0.2) is 26.3 Å². The van der Waals surface area contributed by atoms with Crippen LogP contribution in [-0.2, 0) is 20.0 Å². The highest BCUT2D eigenvalue weighted by Crippen LogP contribution is 2.30. The van der Waals surface area contributed by atoms with Gasteiger partial charge >= 0.3 is 0 Å². The van der Waals surface area contributed by atoms with Crippen LogP contribution in [0, 0.1) is 0 Å². The average Bonchev–Trinajstić information content (AvgIpc) is 3.06. The maximum Gasteiger partial charge on any atom is 0.214 e. The molecule has 1 aromatic carbocycles. The Labute approximate surface area is 168 Å². The second kappa shape index (κ2) is 9.39. The third-order valence-electron chi connectivity index (χ3n) is 4.60. The zero-order chi connectivity index (χ0) is 20.9. The minimum absolute atomic E-state index is 0.201. The molecule has 2 N–H and O–H groups in total. The Morgan fingerprint density at radius 1 is 1.00 bits per heavy atom. The zero-order valence-corrected chi connectivity index (χ0v) is 18.4. The van der Waals surface area contributed by atoms with Crippen LogP contribution in [0.5, 0.6) is 5.75 Å². The molecule has 0 bridgehead atoms. The molecule has 1 aliphatic carbocycles. The van der Waals surface area contributed by atoms with E-state index in [1.54, 1.807) is 39.8 Å². The maximum absolute atomic E-state index is 12.2. The monoisotopic (exact) mass is 430 g/mol. The highest BCUT2D eigenvalue weighted by molar-refractivity contribution is 7.90. The Morgan fingerprint density at radius 3 is 2.18 bits per heavy atom. The van der Waals surface area contributed by atoms with Crippen molar-refractivity contribution < 1.29 is 21.6 Å².